The molecule has 0 aromatic carbocycles. The molecule has 0 bridgehead atoms. The summed E-state index contributed by atoms with van der Waals surface area (Å²) in [5, 5.41) is 0. The van der Waals surface area contributed by atoms with Crippen LogP contribution >= 0.6 is 31.4 Å². The molecule has 0 fully saturated rings. The lowest BCUT2D eigenvalue weighted by Crippen LogP contribution is -2.32. The van der Waals surface area contributed by atoms with Crippen molar-refractivity contribution in [2.24, 2.45) is 0 Å². The fraction of sp³-hybridized carbons (Fsp3) is 1.00. The zero-order chi connectivity index (χ0) is 20.3. The summed E-state index contributed by atoms with van der Waals surface area (Å²) in [7, 11) is 8.47. The van der Waals surface area contributed by atoms with Crippen LogP contribution in [0.1, 0.15) is 66.2 Å². The first-order chi connectivity index (χ1) is 13.2. The average Bonchev–Trinajstić information content (AvgIpc) is 2.67. The molecule has 0 saturated heterocycles. The molecule has 0 N–H and O–H groups in total. The van der Waals surface area contributed by atoms with Crippen LogP contribution in [-0.4, -0.2) is 54.8 Å². The van der Waals surface area contributed by atoms with Gasteiger partial charge in [0, 0.05) is 37.2 Å². The molecule has 27 heavy (non-hydrogen) atoms. The van der Waals surface area contributed by atoms with Gasteiger partial charge in [0.1, 0.15) is 0 Å². The van der Waals surface area contributed by atoms with E-state index in [4.69, 9.17) is 9.47 Å². The minimum atomic E-state index is -0.721. The lowest BCUT2D eigenvalue weighted by Gasteiger charge is -2.24. The second-order valence-electron chi connectivity index (χ2n) is 7.51. The first-order valence-electron chi connectivity index (χ1n) is 11.1. The van der Waals surface area contributed by atoms with Crippen molar-refractivity contribution in [3.05, 3.63) is 0 Å². The van der Waals surface area contributed by atoms with Crippen molar-refractivity contribution in [1.82, 2.24) is 0 Å². The number of hydrogen-bond donors (Lipinski definition) is 0. The van der Waals surface area contributed by atoms with Gasteiger partial charge in [0.2, 0.25) is 0 Å². The van der Waals surface area contributed by atoms with Gasteiger partial charge in [-0.25, -0.2) is 0 Å². The molecule has 0 amide bonds. The largest absolute Gasteiger partial charge is 0.385 e. The fourth-order valence-electron chi connectivity index (χ4n) is 4.04. The quantitative estimate of drug-likeness (QED) is 0.108. The van der Waals surface area contributed by atoms with Crippen LogP contribution in [0, 0.1) is 0 Å². The van der Waals surface area contributed by atoms with E-state index in [2.05, 4.69) is 27.7 Å². The molecule has 2 nitrogen and oxygen atoms in total. The van der Waals surface area contributed by atoms with E-state index < -0.39 is 17.6 Å². The van der Waals surface area contributed by atoms with Gasteiger partial charge in [-0.05, 0) is 22.7 Å². The summed E-state index contributed by atoms with van der Waals surface area (Å²) in [4.78, 5) is 0. The van der Waals surface area contributed by atoms with Gasteiger partial charge in [-0.15, -0.1) is 0 Å². The molecule has 0 heterocycles. The highest BCUT2D eigenvalue weighted by atomic mass is 33.5. The predicted molar refractivity (Wildman–Crippen MR) is 138 cm³/mol. The summed E-state index contributed by atoms with van der Waals surface area (Å²) in [5.74, 6) is 2.45. The van der Waals surface area contributed by atoms with Gasteiger partial charge in [0.05, 0.1) is 17.6 Å². The van der Waals surface area contributed by atoms with Crippen LogP contribution in [0.5, 0.6) is 0 Å². The van der Waals surface area contributed by atoms with Crippen molar-refractivity contribution in [3.63, 3.8) is 0 Å². The highest BCUT2D eigenvalue weighted by Crippen LogP contribution is 2.36. The minimum absolute atomic E-state index is 0.579. The summed E-state index contributed by atoms with van der Waals surface area (Å²) >= 11 is 0. The summed E-state index contributed by atoms with van der Waals surface area (Å²) in [6.45, 7) is 9.30. The van der Waals surface area contributed by atoms with E-state index >= 15 is 0 Å². The molecule has 0 aliphatic heterocycles. The first-order valence-corrected chi connectivity index (χ1v) is 19.6. The molecule has 0 radical (unpaired) electrons. The van der Waals surface area contributed by atoms with Crippen molar-refractivity contribution in [2.45, 2.75) is 102 Å². The molecule has 2 unspecified atom stereocenters. The minimum Gasteiger partial charge on any atom is -0.385 e. The maximum absolute atomic E-state index is 5.88. The third-order valence-corrected chi connectivity index (χ3v) is 18.3. The molecule has 0 aromatic heterocycles. The van der Waals surface area contributed by atoms with Gasteiger partial charge < -0.3 is 9.47 Å². The van der Waals surface area contributed by atoms with E-state index in [1.54, 1.807) is 0 Å². The van der Waals surface area contributed by atoms with Crippen molar-refractivity contribution in [2.75, 3.05) is 25.7 Å². The zero-order valence-corrected chi connectivity index (χ0v) is 23.6. The Balaban J connectivity index is 3.99. The number of rotatable bonds is 20. The SMILES string of the molecule is CCC[SiH](CCC)C(CCSSSCCC(OC)[SiH](CCC)CCC)OC. The first kappa shape index (κ1) is 28.4. The molecular weight excluding hydrogens is 425 g/mol. The van der Waals surface area contributed by atoms with Crippen LogP contribution in [0.4, 0.5) is 0 Å². The number of methoxy groups -OCH3 is 2. The van der Waals surface area contributed by atoms with Crippen molar-refractivity contribution in [3.8, 4) is 0 Å². The summed E-state index contributed by atoms with van der Waals surface area (Å²) in [6, 6.07) is 5.77. The van der Waals surface area contributed by atoms with E-state index in [1.165, 1.54) is 74.2 Å². The summed E-state index contributed by atoms with van der Waals surface area (Å²) in [6.07, 6.45) is 7.80. The lowest BCUT2D eigenvalue weighted by atomic mass is 10.5. The molecular formula is C20H46O2S3Si2. The van der Waals surface area contributed by atoms with E-state index in [9.17, 15) is 0 Å². The second-order valence-corrected chi connectivity index (χ2v) is 18.8. The Morgan fingerprint density at radius 2 is 0.963 bits per heavy atom. The Morgan fingerprint density at radius 1 is 0.630 bits per heavy atom. The summed E-state index contributed by atoms with van der Waals surface area (Å²) in [5.41, 5.74) is 1.16. The van der Waals surface area contributed by atoms with Crippen LogP contribution in [0.15, 0.2) is 0 Å². The Hall–Kier alpha value is 1.40. The Morgan fingerprint density at radius 3 is 1.22 bits per heavy atom. The smallest absolute Gasteiger partial charge is 0.0717 e. The monoisotopic (exact) mass is 470 g/mol. The molecule has 0 spiro atoms. The van der Waals surface area contributed by atoms with Gasteiger partial charge in [0.25, 0.3) is 0 Å². The van der Waals surface area contributed by atoms with Gasteiger partial charge in [-0.1, -0.05) is 99.1 Å². The second kappa shape index (κ2) is 20.7. The van der Waals surface area contributed by atoms with E-state index in [-0.39, 0.29) is 0 Å². The van der Waals surface area contributed by atoms with Crippen LogP contribution in [0.3, 0.4) is 0 Å². The third-order valence-electron chi connectivity index (χ3n) is 5.36. The molecule has 7 heteroatoms. The van der Waals surface area contributed by atoms with E-state index in [0.29, 0.717) is 11.5 Å². The van der Waals surface area contributed by atoms with Gasteiger partial charge >= 0.3 is 0 Å². The van der Waals surface area contributed by atoms with Crippen LogP contribution in [0.25, 0.3) is 0 Å². The van der Waals surface area contributed by atoms with Crippen molar-refractivity contribution in [1.29, 1.82) is 0 Å². The average molecular weight is 471 g/mol. The molecule has 0 aromatic rings. The highest BCUT2D eigenvalue weighted by molar-refractivity contribution is 9.09. The van der Waals surface area contributed by atoms with Gasteiger partial charge in [0.15, 0.2) is 0 Å². The van der Waals surface area contributed by atoms with Crippen molar-refractivity contribution >= 4 is 49.0 Å². The molecule has 0 aliphatic carbocycles. The topological polar surface area (TPSA) is 18.5 Å². The standard InChI is InChI=1S/C20H46O2S3Si2/c1-7-15-26(16-8-2)19(21-5)11-13-23-25-24-14-12-20(22-6)27(17-9-3)18-10-4/h19-20,26-27H,7-18H2,1-6H3. The normalized spacial score (nSPS) is 14.2. The number of hydrogen-bond acceptors (Lipinski definition) is 5. The fourth-order valence-corrected chi connectivity index (χ4v) is 15.5. The van der Waals surface area contributed by atoms with E-state index in [0.717, 1.165) is 0 Å². The zero-order valence-electron chi connectivity index (χ0n) is 18.8. The molecule has 0 saturated carbocycles. The van der Waals surface area contributed by atoms with E-state index in [1.807, 2.05) is 45.6 Å². The molecule has 0 rings (SSSR count). The maximum Gasteiger partial charge on any atom is 0.0717 e. The predicted octanol–water partition coefficient (Wildman–Crippen LogP) is 7.00. The highest BCUT2D eigenvalue weighted by Gasteiger charge is 2.22. The van der Waals surface area contributed by atoms with Crippen LogP contribution in [0.2, 0.25) is 24.2 Å². The van der Waals surface area contributed by atoms with Crippen LogP contribution < -0.4 is 0 Å². The maximum atomic E-state index is 5.88. The molecule has 0 aliphatic rings. The Kier molecular flexibility index (Phi) is 21.7. The van der Waals surface area contributed by atoms with Gasteiger partial charge in [-0.2, -0.15) is 0 Å². The molecule has 164 valence electrons. The Bertz CT molecular complexity index is 275. The van der Waals surface area contributed by atoms with Crippen molar-refractivity contribution < 1.29 is 9.47 Å². The van der Waals surface area contributed by atoms with Gasteiger partial charge in [-0.3, -0.25) is 0 Å². The van der Waals surface area contributed by atoms with Crippen LogP contribution in [-0.2, 0) is 9.47 Å². The summed E-state index contributed by atoms with van der Waals surface area (Å²) < 4.78 is 11.8. The number of ether oxygens (including phenoxy) is 2. The molecule has 2 atom stereocenters. The third kappa shape index (κ3) is 14.1. The lowest BCUT2D eigenvalue weighted by molar-refractivity contribution is 0.157. The Labute approximate surface area is 185 Å².